The molecule has 1 unspecified atom stereocenters. The van der Waals surface area contributed by atoms with Gasteiger partial charge in [0.25, 0.3) is 0 Å². The summed E-state index contributed by atoms with van der Waals surface area (Å²) in [6, 6.07) is 0. The molecule has 0 aliphatic rings. The number of nitrogens with zero attached hydrogens (tertiary/aromatic N) is 2. The molecule has 0 saturated heterocycles. The van der Waals surface area contributed by atoms with Crippen LogP contribution in [0.5, 0.6) is 0 Å². The van der Waals surface area contributed by atoms with E-state index in [0.29, 0.717) is 52.1 Å². The molecule has 0 saturated carbocycles. The van der Waals surface area contributed by atoms with E-state index in [2.05, 4.69) is 36.9 Å². The summed E-state index contributed by atoms with van der Waals surface area (Å²) < 4.78 is 0. The highest BCUT2D eigenvalue weighted by atomic mass is 16.3. The highest BCUT2D eigenvalue weighted by Crippen LogP contribution is 2.02. The Morgan fingerprint density at radius 1 is 0.821 bits per heavy atom. The smallest absolute Gasteiger partial charge is 0.245 e. The third-order valence-corrected chi connectivity index (χ3v) is 3.92. The Labute approximate surface area is 167 Å². The van der Waals surface area contributed by atoms with E-state index in [1.165, 1.54) is 24.3 Å². The maximum Gasteiger partial charge on any atom is 0.245 e. The van der Waals surface area contributed by atoms with Gasteiger partial charge in [-0.25, -0.2) is 0 Å². The quantitative estimate of drug-likeness (QED) is 0.151. The van der Waals surface area contributed by atoms with Gasteiger partial charge in [-0.1, -0.05) is 26.3 Å². The molecular weight excluding hydrogens is 360 g/mol. The van der Waals surface area contributed by atoms with Crippen molar-refractivity contribution in [2.24, 2.45) is 0 Å². The lowest BCUT2D eigenvalue weighted by Gasteiger charge is -2.29. The molecule has 0 aliphatic carbocycles. The molecule has 0 radical (unpaired) electrons. The first-order valence-corrected chi connectivity index (χ1v) is 9.16. The van der Waals surface area contributed by atoms with Gasteiger partial charge in [0.15, 0.2) is 0 Å². The second kappa shape index (κ2) is 15.4. The molecule has 0 bridgehead atoms. The minimum absolute atomic E-state index is 0.221. The minimum atomic E-state index is -0.859. The highest BCUT2D eigenvalue weighted by Gasteiger charge is 2.16. The van der Waals surface area contributed by atoms with Gasteiger partial charge in [0.1, 0.15) is 6.23 Å². The fourth-order valence-electron chi connectivity index (χ4n) is 2.36. The molecule has 0 aromatic heterocycles. The first-order chi connectivity index (χ1) is 13.4. The molecule has 0 fully saturated rings. The summed E-state index contributed by atoms with van der Waals surface area (Å²) in [5, 5.41) is 15.4. The molecule has 0 aromatic carbocycles. The van der Waals surface area contributed by atoms with Crippen molar-refractivity contribution in [1.82, 2.24) is 20.4 Å². The van der Waals surface area contributed by atoms with Gasteiger partial charge >= 0.3 is 0 Å². The van der Waals surface area contributed by atoms with Crippen LogP contribution in [0, 0.1) is 0 Å². The van der Waals surface area contributed by atoms with Gasteiger partial charge in [0, 0.05) is 39.3 Å². The minimum Gasteiger partial charge on any atom is -0.375 e. The average molecular weight is 393 g/mol. The van der Waals surface area contributed by atoms with Gasteiger partial charge in [-0.05, 0) is 37.1 Å². The summed E-state index contributed by atoms with van der Waals surface area (Å²) >= 11 is 0. The number of aliphatic hydroxyl groups is 1. The fourth-order valence-corrected chi connectivity index (χ4v) is 2.36. The summed E-state index contributed by atoms with van der Waals surface area (Å²) in [4.78, 5) is 37.7. The number of rotatable bonds is 16. The van der Waals surface area contributed by atoms with Crippen molar-refractivity contribution in [2.75, 3.05) is 39.3 Å². The first kappa shape index (κ1) is 25.3. The molecule has 0 aromatic rings. The Kier molecular flexibility index (Phi) is 13.9. The normalized spacial score (nSPS) is 11.2. The lowest BCUT2D eigenvalue weighted by Crippen LogP contribution is -2.43. The van der Waals surface area contributed by atoms with Gasteiger partial charge in [0.2, 0.25) is 17.7 Å². The van der Waals surface area contributed by atoms with Crippen molar-refractivity contribution in [3.8, 4) is 0 Å². The number of amides is 3. The van der Waals surface area contributed by atoms with E-state index in [4.69, 9.17) is 0 Å². The number of carbonyl (C=O) groups is 3. The zero-order valence-corrected chi connectivity index (χ0v) is 16.4. The number of hydrogen-bond acceptors (Lipinski definition) is 5. The third-order valence-electron chi connectivity index (χ3n) is 3.92. The standard InChI is InChI=1S/C20H32N4O4/c1-5-17(25)21-11-9-13-23(19(27)7-3)15-16-24(20(28)8-4)14-10-12-22-18(26)6-2/h5-8,19,27H,1-4,9-16H2,(H,21,25)(H,22,26). The van der Waals surface area contributed by atoms with Crippen LogP contribution in [0.15, 0.2) is 50.6 Å². The van der Waals surface area contributed by atoms with Crippen molar-refractivity contribution < 1.29 is 19.5 Å². The van der Waals surface area contributed by atoms with Crippen molar-refractivity contribution in [1.29, 1.82) is 0 Å². The SMILES string of the molecule is C=CC(=O)NCCCN(CCN(CCCNC(=O)C=C)C(O)C=C)C(=O)C=C. The topological polar surface area (TPSA) is 102 Å². The summed E-state index contributed by atoms with van der Waals surface area (Å²) in [5.41, 5.74) is 0. The van der Waals surface area contributed by atoms with Gasteiger partial charge in [-0.3, -0.25) is 19.3 Å². The maximum absolute atomic E-state index is 12.1. The van der Waals surface area contributed by atoms with E-state index in [9.17, 15) is 19.5 Å². The van der Waals surface area contributed by atoms with Crippen LogP contribution in [0.25, 0.3) is 0 Å². The number of hydrogen-bond donors (Lipinski definition) is 3. The van der Waals surface area contributed by atoms with E-state index in [1.54, 1.807) is 9.80 Å². The summed E-state index contributed by atoms with van der Waals surface area (Å²) in [6.45, 7) is 16.5. The molecule has 8 nitrogen and oxygen atoms in total. The molecule has 0 rings (SSSR count). The Balaban J connectivity index is 4.58. The van der Waals surface area contributed by atoms with E-state index in [1.807, 2.05) is 0 Å². The highest BCUT2D eigenvalue weighted by molar-refractivity contribution is 5.87. The van der Waals surface area contributed by atoms with Gasteiger partial charge < -0.3 is 20.6 Å². The zero-order valence-electron chi connectivity index (χ0n) is 16.4. The predicted molar refractivity (Wildman–Crippen MR) is 110 cm³/mol. The molecule has 1 atom stereocenters. The molecule has 0 heterocycles. The number of nitrogens with one attached hydrogen (secondary N) is 2. The second-order valence-electron chi connectivity index (χ2n) is 5.91. The van der Waals surface area contributed by atoms with Crippen molar-refractivity contribution in [2.45, 2.75) is 19.1 Å². The van der Waals surface area contributed by atoms with Gasteiger partial charge in [-0.2, -0.15) is 0 Å². The molecule has 0 aliphatic heterocycles. The summed E-state index contributed by atoms with van der Waals surface area (Å²) in [6.07, 6.45) is 5.38. The van der Waals surface area contributed by atoms with Gasteiger partial charge in [0.05, 0.1) is 0 Å². The van der Waals surface area contributed by atoms with E-state index in [0.717, 1.165) is 0 Å². The summed E-state index contributed by atoms with van der Waals surface area (Å²) in [5.74, 6) is -0.728. The van der Waals surface area contributed by atoms with Crippen LogP contribution in [0.1, 0.15) is 12.8 Å². The largest absolute Gasteiger partial charge is 0.375 e. The van der Waals surface area contributed by atoms with Crippen molar-refractivity contribution in [3.63, 3.8) is 0 Å². The summed E-state index contributed by atoms with van der Waals surface area (Å²) in [7, 11) is 0. The van der Waals surface area contributed by atoms with Crippen LogP contribution >= 0.6 is 0 Å². The zero-order chi connectivity index (χ0) is 21.4. The Hall–Kier alpha value is -2.71. The molecule has 3 N–H and O–H groups in total. The average Bonchev–Trinajstić information content (AvgIpc) is 2.72. The molecule has 156 valence electrons. The van der Waals surface area contributed by atoms with Crippen LogP contribution in [-0.4, -0.2) is 78.1 Å². The van der Waals surface area contributed by atoms with Crippen molar-refractivity contribution >= 4 is 17.7 Å². The molecule has 8 heteroatoms. The third kappa shape index (κ3) is 11.1. The van der Waals surface area contributed by atoms with E-state index in [-0.39, 0.29) is 17.7 Å². The Morgan fingerprint density at radius 2 is 1.36 bits per heavy atom. The van der Waals surface area contributed by atoms with Gasteiger partial charge in [-0.15, -0.1) is 0 Å². The maximum atomic E-state index is 12.1. The van der Waals surface area contributed by atoms with E-state index < -0.39 is 6.23 Å². The van der Waals surface area contributed by atoms with E-state index >= 15 is 0 Å². The molecule has 0 spiro atoms. The van der Waals surface area contributed by atoms with Crippen molar-refractivity contribution in [3.05, 3.63) is 50.6 Å². The van der Waals surface area contributed by atoms with Crippen LogP contribution < -0.4 is 10.6 Å². The lowest BCUT2D eigenvalue weighted by atomic mass is 10.3. The monoisotopic (exact) mass is 392 g/mol. The number of aliphatic hydroxyl groups excluding tert-OH is 1. The Morgan fingerprint density at radius 3 is 1.82 bits per heavy atom. The van der Waals surface area contributed by atoms with Crippen LogP contribution in [0.2, 0.25) is 0 Å². The molecular formula is C20H32N4O4. The first-order valence-electron chi connectivity index (χ1n) is 9.16. The predicted octanol–water partition coefficient (Wildman–Crippen LogP) is 0.192. The number of carbonyl (C=O) groups excluding carboxylic acids is 3. The lowest BCUT2D eigenvalue weighted by molar-refractivity contribution is -0.126. The Bertz CT molecular complexity index is 562. The van der Waals surface area contributed by atoms with Crippen LogP contribution in [0.4, 0.5) is 0 Å². The second-order valence-corrected chi connectivity index (χ2v) is 5.91. The fraction of sp³-hybridized carbons (Fsp3) is 0.450. The molecule has 3 amide bonds. The van der Waals surface area contributed by atoms with Crippen LogP contribution in [0.3, 0.4) is 0 Å². The molecule has 28 heavy (non-hydrogen) atoms. The van der Waals surface area contributed by atoms with Crippen LogP contribution in [-0.2, 0) is 14.4 Å².